The number of anilines is 1. The number of benzene rings is 2. The topological polar surface area (TPSA) is 55.8 Å². The molecule has 2 aromatic carbocycles. The zero-order chi connectivity index (χ0) is 18.0. The first-order chi connectivity index (χ1) is 12.1. The number of carbonyl (C=O) groups excluding carboxylic acids is 2. The second kappa shape index (κ2) is 6.97. The third-order valence-corrected chi connectivity index (χ3v) is 4.22. The van der Waals surface area contributed by atoms with Gasteiger partial charge in [-0.15, -0.1) is 0 Å². The third-order valence-electron chi connectivity index (χ3n) is 4.22. The molecule has 1 aliphatic heterocycles. The smallest absolute Gasteiger partial charge is 0.299 e. The Morgan fingerprint density at radius 2 is 1.88 bits per heavy atom. The van der Waals surface area contributed by atoms with Crippen LogP contribution in [-0.4, -0.2) is 25.4 Å². The van der Waals surface area contributed by atoms with Gasteiger partial charge in [0.15, 0.2) is 11.5 Å². The number of methoxy groups -OCH3 is 1. The first-order valence-electron chi connectivity index (χ1n) is 8.32. The van der Waals surface area contributed by atoms with Gasteiger partial charge in [0.25, 0.3) is 11.7 Å². The Hall–Kier alpha value is -2.82. The molecule has 5 heteroatoms. The third kappa shape index (κ3) is 3.09. The van der Waals surface area contributed by atoms with Crippen LogP contribution < -0.4 is 14.4 Å². The van der Waals surface area contributed by atoms with Crippen LogP contribution in [0.1, 0.15) is 34.8 Å². The normalized spacial score (nSPS) is 13.2. The van der Waals surface area contributed by atoms with Crippen molar-refractivity contribution in [1.29, 1.82) is 0 Å². The number of hydrogen-bond donors (Lipinski definition) is 0. The van der Waals surface area contributed by atoms with Crippen LogP contribution in [0.4, 0.5) is 5.69 Å². The summed E-state index contributed by atoms with van der Waals surface area (Å²) in [5.41, 5.74) is 2.95. The number of fused-ring (bicyclic) bond motifs is 1. The van der Waals surface area contributed by atoms with Crippen molar-refractivity contribution in [2.75, 3.05) is 18.6 Å². The molecule has 1 heterocycles. The lowest BCUT2D eigenvalue weighted by Crippen LogP contribution is -2.29. The van der Waals surface area contributed by atoms with Gasteiger partial charge >= 0.3 is 0 Å². The van der Waals surface area contributed by atoms with Gasteiger partial charge in [-0.25, -0.2) is 0 Å². The van der Waals surface area contributed by atoms with Crippen LogP contribution in [0.5, 0.6) is 11.5 Å². The van der Waals surface area contributed by atoms with Crippen molar-refractivity contribution in [3.05, 3.63) is 53.1 Å². The molecular weight excluding hydrogens is 318 g/mol. The first kappa shape index (κ1) is 17.0. The van der Waals surface area contributed by atoms with Gasteiger partial charge in [0.1, 0.15) is 0 Å². The Bertz CT molecular complexity index is 828. The lowest BCUT2D eigenvalue weighted by atomic mass is 10.1. The molecule has 0 aromatic heterocycles. The summed E-state index contributed by atoms with van der Waals surface area (Å²) < 4.78 is 11.0. The Balaban J connectivity index is 1.91. The van der Waals surface area contributed by atoms with Gasteiger partial charge in [-0.3, -0.25) is 9.59 Å². The Labute approximate surface area is 147 Å². The molecule has 0 radical (unpaired) electrons. The van der Waals surface area contributed by atoms with E-state index in [0.717, 1.165) is 17.5 Å². The molecule has 5 nitrogen and oxygen atoms in total. The molecule has 2 aromatic rings. The van der Waals surface area contributed by atoms with E-state index in [-0.39, 0.29) is 0 Å². The summed E-state index contributed by atoms with van der Waals surface area (Å²) in [6.45, 7) is 4.87. The lowest BCUT2D eigenvalue weighted by Gasteiger charge is -2.19. The fraction of sp³-hybridized carbons (Fsp3) is 0.300. The van der Waals surface area contributed by atoms with E-state index >= 15 is 0 Å². The predicted octanol–water partition coefficient (Wildman–Crippen LogP) is 3.52. The predicted molar refractivity (Wildman–Crippen MR) is 95.5 cm³/mol. The van der Waals surface area contributed by atoms with E-state index in [0.29, 0.717) is 35.9 Å². The molecule has 130 valence electrons. The summed E-state index contributed by atoms with van der Waals surface area (Å²) in [7, 11) is 1.59. The maximum absolute atomic E-state index is 12.4. The van der Waals surface area contributed by atoms with E-state index in [2.05, 4.69) is 0 Å². The van der Waals surface area contributed by atoms with Crippen LogP contribution >= 0.6 is 0 Å². The monoisotopic (exact) mass is 339 g/mol. The van der Waals surface area contributed by atoms with Gasteiger partial charge in [-0.2, -0.15) is 0 Å². The number of amides is 1. The van der Waals surface area contributed by atoms with Crippen molar-refractivity contribution in [3.8, 4) is 11.5 Å². The maximum atomic E-state index is 12.4. The highest BCUT2D eigenvalue weighted by molar-refractivity contribution is 6.52. The van der Waals surface area contributed by atoms with Gasteiger partial charge in [0.05, 0.1) is 31.5 Å². The summed E-state index contributed by atoms with van der Waals surface area (Å²) in [6.07, 6.45) is 0.908. The molecule has 3 rings (SSSR count). The number of hydrogen-bond acceptors (Lipinski definition) is 4. The molecular formula is C20H21NO4. The van der Waals surface area contributed by atoms with E-state index < -0.39 is 11.7 Å². The standard InChI is InChI=1S/C20H21NO4/c1-4-10-25-16-9-8-14(11-17(16)24-3)12-21-18-13(2)6-5-7-15(18)19(22)20(21)23/h5-9,11H,4,10,12H2,1-3H3. The minimum atomic E-state index is -0.491. The highest BCUT2D eigenvalue weighted by Crippen LogP contribution is 2.35. The highest BCUT2D eigenvalue weighted by atomic mass is 16.5. The van der Waals surface area contributed by atoms with Crippen LogP contribution in [-0.2, 0) is 11.3 Å². The van der Waals surface area contributed by atoms with Crippen LogP contribution in [0, 0.1) is 6.92 Å². The van der Waals surface area contributed by atoms with Gasteiger partial charge in [-0.05, 0) is 42.7 Å². The van der Waals surface area contributed by atoms with Crippen molar-refractivity contribution in [2.45, 2.75) is 26.8 Å². The van der Waals surface area contributed by atoms with E-state index in [4.69, 9.17) is 9.47 Å². The molecule has 1 amide bonds. The maximum Gasteiger partial charge on any atom is 0.299 e. The number of ether oxygens (including phenoxy) is 2. The summed E-state index contributed by atoms with van der Waals surface area (Å²) in [4.78, 5) is 26.1. The zero-order valence-corrected chi connectivity index (χ0v) is 14.7. The highest BCUT2D eigenvalue weighted by Gasteiger charge is 2.36. The molecule has 25 heavy (non-hydrogen) atoms. The lowest BCUT2D eigenvalue weighted by molar-refractivity contribution is -0.114. The van der Waals surface area contributed by atoms with E-state index in [9.17, 15) is 9.59 Å². The van der Waals surface area contributed by atoms with Crippen molar-refractivity contribution in [1.82, 2.24) is 0 Å². The van der Waals surface area contributed by atoms with E-state index in [1.807, 2.05) is 38.1 Å². The van der Waals surface area contributed by atoms with Gasteiger partial charge in [0, 0.05) is 0 Å². The average molecular weight is 339 g/mol. The minimum absolute atomic E-state index is 0.312. The Morgan fingerprint density at radius 1 is 1.08 bits per heavy atom. The molecule has 0 atom stereocenters. The van der Waals surface area contributed by atoms with E-state index in [1.165, 1.54) is 4.90 Å². The number of rotatable bonds is 6. The largest absolute Gasteiger partial charge is 0.493 e. The van der Waals surface area contributed by atoms with Gasteiger partial charge in [0.2, 0.25) is 0 Å². The zero-order valence-electron chi connectivity index (χ0n) is 14.7. The number of para-hydroxylation sites is 1. The molecule has 0 aliphatic carbocycles. The molecule has 0 saturated heterocycles. The van der Waals surface area contributed by atoms with Crippen LogP contribution in [0.3, 0.4) is 0 Å². The number of carbonyl (C=O) groups is 2. The Morgan fingerprint density at radius 3 is 2.60 bits per heavy atom. The molecule has 0 unspecified atom stereocenters. The van der Waals surface area contributed by atoms with Crippen molar-refractivity contribution in [2.24, 2.45) is 0 Å². The number of aryl methyl sites for hydroxylation is 1. The number of nitrogens with zero attached hydrogens (tertiary/aromatic N) is 1. The fourth-order valence-electron chi connectivity index (χ4n) is 3.01. The summed E-state index contributed by atoms with van der Waals surface area (Å²) in [6, 6.07) is 11.0. The number of ketones is 1. The average Bonchev–Trinajstić information content (AvgIpc) is 2.86. The molecule has 0 N–H and O–H groups in total. The summed E-state index contributed by atoms with van der Waals surface area (Å²) in [5, 5.41) is 0. The second-order valence-electron chi connectivity index (χ2n) is 6.03. The first-order valence-corrected chi connectivity index (χ1v) is 8.32. The van der Waals surface area contributed by atoms with Crippen LogP contribution in [0.25, 0.3) is 0 Å². The fourth-order valence-corrected chi connectivity index (χ4v) is 3.01. The van der Waals surface area contributed by atoms with Gasteiger partial charge in [-0.1, -0.05) is 25.1 Å². The van der Waals surface area contributed by atoms with Crippen LogP contribution in [0.2, 0.25) is 0 Å². The Kier molecular flexibility index (Phi) is 4.74. The molecule has 1 aliphatic rings. The van der Waals surface area contributed by atoms with E-state index in [1.54, 1.807) is 19.2 Å². The summed E-state index contributed by atoms with van der Waals surface area (Å²) in [5.74, 6) is 0.352. The van der Waals surface area contributed by atoms with Crippen molar-refractivity contribution >= 4 is 17.4 Å². The molecule has 0 saturated carbocycles. The molecule has 0 bridgehead atoms. The van der Waals surface area contributed by atoms with Gasteiger partial charge < -0.3 is 14.4 Å². The molecule has 0 spiro atoms. The van der Waals surface area contributed by atoms with Crippen molar-refractivity contribution < 1.29 is 19.1 Å². The minimum Gasteiger partial charge on any atom is -0.493 e. The van der Waals surface area contributed by atoms with Crippen molar-refractivity contribution in [3.63, 3.8) is 0 Å². The molecule has 0 fully saturated rings. The SMILES string of the molecule is CCCOc1ccc(CN2C(=O)C(=O)c3cccc(C)c32)cc1OC. The summed E-state index contributed by atoms with van der Waals surface area (Å²) >= 11 is 0. The van der Waals surface area contributed by atoms with Crippen LogP contribution in [0.15, 0.2) is 36.4 Å². The quantitative estimate of drug-likeness (QED) is 0.756. The number of Topliss-reactive ketones (excluding diaryl/α,β-unsaturated/α-hetero) is 1. The second-order valence-corrected chi connectivity index (χ2v) is 6.03.